The van der Waals surface area contributed by atoms with E-state index in [1.165, 1.54) is 18.4 Å². The van der Waals surface area contributed by atoms with E-state index in [9.17, 15) is 10.1 Å². The third kappa shape index (κ3) is 2.72. The van der Waals surface area contributed by atoms with E-state index >= 15 is 0 Å². The van der Waals surface area contributed by atoms with E-state index in [2.05, 4.69) is 39.6 Å². The summed E-state index contributed by atoms with van der Waals surface area (Å²) in [5.74, 6) is 2.27. The molecule has 0 aromatic rings. The Labute approximate surface area is 165 Å². The Morgan fingerprint density at radius 3 is 2.44 bits per heavy atom. The minimum Gasteiger partial charge on any atom is -0.399 e. The van der Waals surface area contributed by atoms with Crippen LogP contribution in [0, 0.1) is 39.9 Å². The average molecular weight is 386 g/mol. The van der Waals surface area contributed by atoms with Crippen molar-refractivity contribution in [1.29, 1.82) is 5.26 Å². The number of carbonyl (C=O) groups is 1. The highest BCUT2D eigenvalue weighted by Gasteiger charge is 2.66. The molecule has 3 saturated carbocycles. The molecular weight excluding hydrogens is 350 g/mol. The molecule has 6 atom stereocenters. The summed E-state index contributed by atoms with van der Waals surface area (Å²) in [5.41, 5.74) is 1.01. The molecule has 4 heteroatoms. The number of rotatable bonds is 2. The molecule has 0 aliphatic heterocycles. The summed E-state index contributed by atoms with van der Waals surface area (Å²) in [6, 6.07) is 2.70. The SMILES string of the molecule is C[C@]12CCC(=O)C=C1CC[C@@H]1[C@@H]2CC[C@@]2(C)[C@H]1CC[C@@]2(C#N)O[Si](C)(C)C. The second-order valence-electron chi connectivity index (χ2n) is 11.1. The summed E-state index contributed by atoms with van der Waals surface area (Å²) in [6.07, 6.45) is 10.3. The number of hydrogen-bond acceptors (Lipinski definition) is 3. The van der Waals surface area contributed by atoms with Crippen LogP contribution in [-0.4, -0.2) is 19.7 Å². The first kappa shape index (κ1) is 19.4. The van der Waals surface area contributed by atoms with Gasteiger partial charge in [-0.05, 0) is 93.8 Å². The van der Waals surface area contributed by atoms with Crippen LogP contribution < -0.4 is 0 Å². The molecule has 0 aromatic heterocycles. The van der Waals surface area contributed by atoms with Gasteiger partial charge in [-0.15, -0.1) is 0 Å². The average Bonchev–Trinajstić information content (AvgIpc) is 2.87. The molecule has 0 aromatic carbocycles. The Morgan fingerprint density at radius 1 is 1.07 bits per heavy atom. The highest BCUT2D eigenvalue weighted by atomic mass is 28.4. The van der Waals surface area contributed by atoms with Gasteiger partial charge in [0.15, 0.2) is 14.1 Å². The predicted octanol–water partition coefficient (Wildman–Crippen LogP) is 5.63. The number of allylic oxidation sites excluding steroid dienone is 1. The van der Waals surface area contributed by atoms with E-state index in [1.54, 1.807) is 0 Å². The molecule has 3 nitrogen and oxygen atoms in total. The van der Waals surface area contributed by atoms with Crippen molar-refractivity contribution in [2.45, 2.75) is 90.5 Å². The summed E-state index contributed by atoms with van der Waals surface area (Å²) < 4.78 is 6.66. The number of fused-ring (bicyclic) bond motifs is 5. The highest BCUT2D eigenvalue weighted by Crippen LogP contribution is 2.68. The first-order valence-corrected chi connectivity index (χ1v) is 14.3. The number of hydrogen-bond donors (Lipinski definition) is 0. The molecule has 27 heavy (non-hydrogen) atoms. The minimum absolute atomic E-state index is 0.0226. The first-order valence-electron chi connectivity index (χ1n) is 10.9. The van der Waals surface area contributed by atoms with Crippen LogP contribution in [0.25, 0.3) is 0 Å². The van der Waals surface area contributed by atoms with Crippen molar-refractivity contribution in [1.82, 2.24) is 0 Å². The summed E-state index contributed by atoms with van der Waals surface area (Å²) in [4.78, 5) is 12.0. The topological polar surface area (TPSA) is 50.1 Å². The predicted molar refractivity (Wildman–Crippen MR) is 109 cm³/mol. The van der Waals surface area contributed by atoms with E-state index in [1.807, 2.05) is 6.08 Å². The van der Waals surface area contributed by atoms with Crippen molar-refractivity contribution >= 4 is 14.1 Å². The van der Waals surface area contributed by atoms with E-state index in [0.717, 1.165) is 32.1 Å². The van der Waals surface area contributed by atoms with Gasteiger partial charge in [0.1, 0.15) is 5.60 Å². The number of nitrogens with zero attached hydrogens (tertiary/aromatic N) is 1. The number of ketones is 1. The summed E-state index contributed by atoms with van der Waals surface area (Å²) in [6.45, 7) is 11.4. The second kappa shape index (κ2) is 6.04. The second-order valence-corrected chi connectivity index (χ2v) is 15.5. The van der Waals surface area contributed by atoms with Gasteiger partial charge in [-0.3, -0.25) is 4.79 Å². The number of carbonyl (C=O) groups excluding carboxylic acids is 1. The van der Waals surface area contributed by atoms with Crippen LogP contribution in [0.3, 0.4) is 0 Å². The van der Waals surface area contributed by atoms with Crippen LogP contribution in [0.1, 0.15) is 65.2 Å². The van der Waals surface area contributed by atoms with Crippen LogP contribution in [0.5, 0.6) is 0 Å². The lowest BCUT2D eigenvalue weighted by atomic mass is 9.46. The van der Waals surface area contributed by atoms with Gasteiger partial charge in [0.2, 0.25) is 0 Å². The van der Waals surface area contributed by atoms with Gasteiger partial charge in [-0.25, -0.2) is 0 Å². The zero-order chi connectivity index (χ0) is 19.7. The molecule has 4 rings (SSSR count). The normalized spacial score (nSPS) is 46.7. The maximum Gasteiger partial charge on any atom is 0.185 e. The molecular formula is C23H35NO2Si. The monoisotopic (exact) mass is 385 g/mol. The third-order valence-corrected chi connectivity index (χ3v) is 9.70. The van der Waals surface area contributed by atoms with Crippen LogP contribution in [0.15, 0.2) is 11.6 Å². The standard InChI is InChI=1S/C23H35NO2Si/c1-21-11-8-17(25)14-16(21)6-7-18-19(21)9-12-22(2)20(18)10-13-23(22,15-24)26-27(3,4)5/h14,18-20H,6-13H2,1-5H3/t18-,19+,20+,21+,22+,23+/m1/s1. The van der Waals surface area contributed by atoms with Gasteiger partial charge in [0.05, 0.1) is 6.07 Å². The zero-order valence-corrected chi connectivity index (χ0v) is 18.7. The van der Waals surface area contributed by atoms with Crippen LogP contribution in [0.4, 0.5) is 0 Å². The Hall–Kier alpha value is -0.923. The molecule has 0 radical (unpaired) electrons. The maximum absolute atomic E-state index is 12.0. The fraction of sp³-hybridized carbons (Fsp3) is 0.826. The molecule has 0 spiro atoms. The van der Waals surface area contributed by atoms with E-state index < -0.39 is 13.9 Å². The maximum atomic E-state index is 12.0. The Balaban J connectivity index is 1.68. The summed E-state index contributed by atoms with van der Waals surface area (Å²) in [5, 5.41) is 10.2. The Kier molecular flexibility index (Phi) is 4.34. The van der Waals surface area contributed by atoms with Crippen molar-refractivity contribution < 1.29 is 9.22 Å². The van der Waals surface area contributed by atoms with Gasteiger partial charge in [0, 0.05) is 11.8 Å². The van der Waals surface area contributed by atoms with Gasteiger partial charge in [-0.1, -0.05) is 19.4 Å². The third-order valence-electron chi connectivity index (χ3n) is 8.74. The largest absolute Gasteiger partial charge is 0.399 e. The molecule has 0 N–H and O–H groups in total. The van der Waals surface area contributed by atoms with Crippen molar-refractivity contribution in [3.63, 3.8) is 0 Å². The molecule has 0 saturated heterocycles. The summed E-state index contributed by atoms with van der Waals surface area (Å²) >= 11 is 0. The van der Waals surface area contributed by atoms with Gasteiger partial charge in [0.25, 0.3) is 0 Å². The van der Waals surface area contributed by atoms with Crippen LogP contribution in [-0.2, 0) is 9.22 Å². The highest BCUT2D eigenvalue weighted by molar-refractivity contribution is 6.69. The quantitative estimate of drug-likeness (QED) is 0.579. The van der Waals surface area contributed by atoms with Crippen LogP contribution in [0.2, 0.25) is 19.6 Å². The van der Waals surface area contributed by atoms with E-state index in [-0.39, 0.29) is 10.8 Å². The summed E-state index contributed by atoms with van der Waals surface area (Å²) in [7, 11) is -1.80. The molecule has 0 heterocycles. The van der Waals surface area contributed by atoms with Gasteiger partial charge >= 0.3 is 0 Å². The minimum atomic E-state index is -1.80. The van der Waals surface area contributed by atoms with Crippen molar-refractivity contribution in [2.24, 2.45) is 28.6 Å². The van der Waals surface area contributed by atoms with E-state index in [0.29, 0.717) is 30.0 Å². The Bertz CT molecular complexity index is 732. The molecule has 0 unspecified atom stereocenters. The fourth-order valence-corrected chi connectivity index (χ4v) is 8.88. The first-order chi connectivity index (χ1) is 12.5. The lowest BCUT2D eigenvalue weighted by molar-refractivity contribution is -0.118. The van der Waals surface area contributed by atoms with Gasteiger partial charge in [-0.2, -0.15) is 5.26 Å². The fourth-order valence-electron chi connectivity index (χ4n) is 7.45. The lowest BCUT2D eigenvalue weighted by Crippen LogP contribution is -2.57. The smallest absolute Gasteiger partial charge is 0.185 e. The molecule has 0 amide bonds. The number of nitriles is 1. The van der Waals surface area contributed by atoms with Gasteiger partial charge < -0.3 is 4.43 Å². The molecule has 4 aliphatic carbocycles. The van der Waals surface area contributed by atoms with E-state index in [4.69, 9.17) is 4.43 Å². The Morgan fingerprint density at radius 2 is 1.78 bits per heavy atom. The van der Waals surface area contributed by atoms with Crippen LogP contribution >= 0.6 is 0 Å². The molecule has 3 fully saturated rings. The van der Waals surface area contributed by atoms with Crippen molar-refractivity contribution in [3.8, 4) is 6.07 Å². The molecule has 4 aliphatic rings. The van der Waals surface area contributed by atoms with Crippen molar-refractivity contribution in [2.75, 3.05) is 0 Å². The lowest BCUT2D eigenvalue weighted by Gasteiger charge is -2.59. The van der Waals surface area contributed by atoms with Crippen molar-refractivity contribution in [3.05, 3.63) is 11.6 Å². The molecule has 148 valence electrons. The molecule has 0 bridgehead atoms. The zero-order valence-electron chi connectivity index (χ0n) is 17.7.